The molecule has 1 N–H and O–H groups in total. The average Bonchev–Trinajstić information content (AvgIpc) is 3.09. The molecule has 0 spiro atoms. The maximum atomic E-state index is 13.1. The molecular weight excluding hydrogens is 300 g/mol. The number of halogens is 2. The molecule has 0 heterocycles. The molecule has 0 bridgehead atoms. The molecule has 9 heteroatoms. The first kappa shape index (κ1) is 14.4. The molecule has 1 aliphatic rings. The quantitative estimate of drug-likeness (QED) is 0.828. The highest BCUT2D eigenvalue weighted by molar-refractivity contribution is 7.89. The summed E-state index contributed by atoms with van der Waals surface area (Å²) in [6.45, 7) is 0.234. The van der Waals surface area contributed by atoms with Gasteiger partial charge >= 0.3 is 10.2 Å². The van der Waals surface area contributed by atoms with Crippen LogP contribution in [0.1, 0.15) is 12.8 Å². The molecule has 0 atom stereocenters. The van der Waals surface area contributed by atoms with E-state index in [0.29, 0.717) is 12.1 Å². The molecule has 19 heavy (non-hydrogen) atoms. The second kappa shape index (κ2) is 4.80. The summed E-state index contributed by atoms with van der Waals surface area (Å²) in [5, 5.41) is 0. The molecule has 0 aliphatic heterocycles. The first-order chi connectivity index (χ1) is 8.70. The highest BCUT2D eigenvalue weighted by Gasteiger charge is 2.26. The van der Waals surface area contributed by atoms with Crippen LogP contribution in [-0.2, 0) is 20.2 Å². The van der Waals surface area contributed by atoms with Crippen LogP contribution in [0.3, 0.4) is 0 Å². The van der Waals surface area contributed by atoms with Crippen LogP contribution >= 0.6 is 0 Å². The maximum absolute atomic E-state index is 13.1. The minimum atomic E-state index is -5.30. The van der Waals surface area contributed by atoms with Gasteiger partial charge in [0, 0.05) is 6.54 Å². The van der Waals surface area contributed by atoms with E-state index in [2.05, 4.69) is 4.72 Å². The van der Waals surface area contributed by atoms with Crippen molar-refractivity contribution in [3.05, 3.63) is 24.0 Å². The molecule has 1 fully saturated rings. The van der Waals surface area contributed by atoms with Gasteiger partial charge in [0.1, 0.15) is 10.7 Å². The number of sulfonamides is 1. The molecule has 2 rings (SSSR count). The van der Waals surface area contributed by atoms with Gasteiger partial charge in [-0.25, -0.2) is 17.5 Å². The monoisotopic (exact) mass is 311 g/mol. The lowest BCUT2D eigenvalue weighted by Crippen LogP contribution is -2.26. The van der Waals surface area contributed by atoms with Crippen molar-refractivity contribution >= 4 is 20.2 Å². The Balaban J connectivity index is 2.34. The molecule has 1 aromatic rings. The van der Waals surface area contributed by atoms with E-state index in [-0.39, 0.29) is 12.5 Å². The number of nitrogens with one attached hydrogen (secondary N) is 1. The Hall–Kier alpha value is -1.06. The number of hydrogen-bond donors (Lipinski definition) is 1. The van der Waals surface area contributed by atoms with E-state index in [1.807, 2.05) is 0 Å². The van der Waals surface area contributed by atoms with E-state index < -0.39 is 35.9 Å². The Bertz CT molecular complexity index is 696. The van der Waals surface area contributed by atoms with Crippen LogP contribution in [0.25, 0.3) is 0 Å². The zero-order valence-corrected chi connectivity index (χ0v) is 11.3. The molecule has 5 nitrogen and oxygen atoms in total. The summed E-state index contributed by atoms with van der Waals surface area (Å²) in [6.07, 6.45) is 1.85. The van der Waals surface area contributed by atoms with Crippen molar-refractivity contribution < 1.29 is 25.1 Å². The second-order valence-electron chi connectivity index (χ2n) is 4.33. The van der Waals surface area contributed by atoms with Gasteiger partial charge in [-0.05, 0) is 37.0 Å². The van der Waals surface area contributed by atoms with Gasteiger partial charge in [0.15, 0.2) is 0 Å². The fraction of sp³-hybridized carbons (Fsp3) is 0.400. The van der Waals surface area contributed by atoms with Gasteiger partial charge in [-0.3, -0.25) is 0 Å². The first-order valence-corrected chi connectivity index (χ1v) is 8.31. The Morgan fingerprint density at radius 1 is 1.21 bits per heavy atom. The minimum absolute atomic E-state index is 0.234. The van der Waals surface area contributed by atoms with Gasteiger partial charge in [0.05, 0.1) is 4.90 Å². The summed E-state index contributed by atoms with van der Waals surface area (Å²) >= 11 is 0. The zero-order valence-electron chi connectivity index (χ0n) is 9.64. The van der Waals surface area contributed by atoms with Crippen LogP contribution in [-0.4, -0.2) is 23.4 Å². The van der Waals surface area contributed by atoms with Crippen LogP contribution in [0.2, 0.25) is 0 Å². The summed E-state index contributed by atoms with van der Waals surface area (Å²) in [5.41, 5.74) is 0. The standard InChI is InChI=1S/C10H11F2NO4S2/c11-9-4-3-8(5-10(9)18(12,14)15)19(16,17)13-6-7-1-2-7/h3-5,7,13H,1-2,6H2. The topological polar surface area (TPSA) is 80.3 Å². The largest absolute Gasteiger partial charge is 0.335 e. The van der Waals surface area contributed by atoms with Gasteiger partial charge in [0.25, 0.3) is 0 Å². The molecule has 106 valence electrons. The van der Waals surface area contributed by atoms with Crippen molar-refractivity contribution in [2.75, 3.05) is 6.54 Å². The average molecular weight is 311 g/mol. The van der Waals surface area contributed by atoms with Gasteiger partial charge in [-0.1, -0.05) is 0 Å². The minimum Gasteiger partial charge on any atom is -0.211 e. The maximum Gasteiger partial charge on any atom is 0.335 e. The highest BCUT2D eigenvalue weighted by atomic mass is 32.3. The predicted molar refractivity (Wildman–Crippen MR) is 62.6 cm³/mol. The third kappa shape index (κ3) is 3.48. The molecule has 0 radical (unpaired) electrons. The van der Waals surface area contributed by atoms with Gasteiger partial charge in [-0.2, -0.15) is 8.42 Å². The van der Waals surface area contributed by atoms with Crippen LogP contribution in [0, 0.1) is 11.7 Å². The Morgan fingerprint density at radius 2 is 1.84 bits per heavy atom. The summed E-state index contributed by atoms with van der Waals surface area (Å²) in [5.74, 6) is -1.05. The van der Waals surface area contributed by atoms with Crippen LogP contribution in [0.4, 0.5) is 8.28 Å². The second-order valence-corrected chi connectivity index (χ2v) is 7.41. The zero-order chi connectivity index (χ0) is 14.3. The normalized spacial score (nSPS) is 16.5. The van der Waals surface area contributed by atoms with E-state index in [4.69, 9.17) is 0 Å². The summed E-state index contributed by atoms with van der Waals surface area (Å²) < 4.78 is 73.2. The predicted octanol–water partition coefficient (Wildman–Crippen LogP) is 1.17. The molecule has 0 aromatic heterocycles. The smallest absolute Gasteiger partial charge is 0.211 e. The van der Waals surface area contributed by atoms with Crippen LogP contribution < -0.4 is 4.72 Å². The SMILES string of the molecule is O=S(=O)(F)c1cc(S(=O)(=O)NCC2CC2)ccc1F. The van der Waals surface area contributed by atoms with E-state index in [0.717, 1.165) is 18.9 Å². The van der Waals surface area contributed by atoms with Gasteiger partial charge < -0.3 is 0 Å². The highest BCUT2D eigenvalue weighted by Crippen LogP contribution is 2.28. The molecule has 0 unspecified atom stereocenters. The number of hydrogen-bond acceptors (Lipinski definition) is 4. The van der Waals surface area contributed by atoms with Gasteiger partial charge in [0.2, 0.25) is 10.0 Å². The third-order valence-corrected chi connectivity index (χ3v) is 4.99. The van der Waals surface area contributed by atoms with Crippen molar-refractivity contribution in [2.24, 2.45) is 5.92 Å². The van der Waals surface area contributed by atoms with Crippen LogP contribution in [0.5, 0.6) is 0 Å². The number of benzene rings is 1. The lowest BCUT2D eigenvalue weighted by Gasteiger charge is -2.07. The molecule has 1 saturated carbocycles. The van der Waals surface area contributed by atoms with Crippen LogP contribution in [0.15, 0.2) is 28.0 Å². The molecule has 0 amide bonds. The van der Waals surface area contributed by atoms with Crippen molar-refractivity contribution in [3.63, 3.8) is 0 Å². The van der Waals surface area contributed by atoms with Crippen molar-refractivity contribution in [3.8, 4) is 0 Å². The number of rotatable bonds is 5. The Kier molecular flexibility index (Phi) is 3.63. The van der Waals surface area contributed by atoms with Crippen molar-refractivity contribution in [2.45, 2.75) is 22.6 Å². The molecule has 1 aliphatic carbocycles. The lowest BCUT2D eigenvalue weighted by molar-refractivity contribution is 0.532. The van der Waals surface area contributed by atoms with Crippen molar-refractivity contribution in [1.29, 1.82) is 0 Å². The summed E-state index contributed by atoms with van der Waals surface area (Å²) in [6, 6.07) is 1.97. The van der Waals surface area contributed by atoms with E-state index in [1.165, 1.54) is 0 Å². The fourth-order valence-corrected chi connectivity index (χ4v) is 3.26. The van der Waals surface area contributed by atoms with E-state index >= 15 is 0 Å². The lowest BCUT2D eigenvalue weighted by atomic mass is 10.3. The first-order valence-electron chi connectivity index (χ1n) is 5.44. The molecular formula is C10H11F2NO4S2. The molecule has 0 saturated heterocycles. The molecule has 1 aromatic carbocycles. The summed E-state index contributed by atoms with van der Waals surface area (Å²) in [4.78, 5) is -1.76. The third-order valence-electron chi connectivity index (χ3n) is 2.73. The summed E-state index contributed by atoms with van der Waals surface area (Å²) in [7, 11) is -9.27. The van der Waals surface area contributed by atoms with Crippen molar-refractivity contribution in [1.82, 2.24) is 4.72 Å². The van der Waals surface area contributed by atoms with Gasteiger partial charge in [-0.15, -0.1) is 3.89 Å². The Labute approximate surface area is 109 Å². The Morgan fingerprint density at radius 3 is 2.37 bits per heavy atom. The van der Waals surface area contributed by atoms with E-state index in [9.17, 15) is 25.1 Å². The van der Waals surface area contributed by atoms with E-state index in [1.54, 1.807) is 0 Å². The fourth-order valence-electron chi connectivity index (χ4n) is 1.47.